The molecule has 0 aromatic heterocycles. The maximum atomic E-state index is 5.77. The van der Waals surface area contributed by atoms with E-state index in [4.69, 9.17) is 15.2 Å². The minimum Gasteiger partial charge on any atom is -0.492 e. The first-order valence-corrected chi connectivity index (χ1v) is 7.57. The summed E-state index contributed by atoms with van der Waals surface area (Å²) in [6, 6.07) is 8.01. The fourth-order valence-corrected chi connectivity index (χ4v) is 2.55. The molecule has 4 heteroatoms. The van der Waals surface area contributed by atoms with Crippen LogP contribution in [0.1, 0.15) is 25.3 Å². The van der Waals surface area contributed by atoms with Crippen LogP contribution in [-0.2, 0) is 11.3 Å². The fraction of sp³-hybridized carbons (Fsp3) is 0.625. The Hall–Kier alpha value is -1.10. The number of hydrogen-bond donors (Lipinski definition) is 1. The smallest absolute Gasteiger partial charge is 0.119 e. The lowest BCUT2D eigenvalue weighted by molar-refractivity contribution is 0.0119. The van der Waals surface area contributed by atoms with Gasteiger partial charge in [0.05, 0.1) is 6.10 Å². The highest BCUT2D eigenvalue weighted by atomic mass is 16.5. The zero-order valence-electron chi connectivity index (χ0n) is 12.4. The summed E-state index contributed by atoms with van der Waals surface area (Å²) < 4.78 is 11.4. The lowest BCUT2D eigenvalue weighted by Crippen LogP contribution is -2.39. The Labute approximate surface area is 121 Å². The van der Waals surface area contributed by atoms with E-state index in [0.717, 1.165) is 57.0 Å². The zero-order valence-corrected chi connectivity index (χ0v) is 12.4. The van der Waals surface area contributed by atoms with Crippen molar-refractivity contribution in [3.63, 3.8) is 0 Å². The molecule has 112 valence electrons. The summed E-state index contributed by atoms with van der Waals surface area (Å²) in [5.74, 6) is 0.923. The summed E-state index contributed by atoms with van der Waals surface area (Å²) in [4.78, 5) is 2.45. The molecule has 0 amide bonds. The molecule has 1 aliphatic rings. The standard InChI is InChI=1S/C16H26N2O2/c1-2-19-16-7-9-18(10-8-16)11-12-20-15-5-3-14(13-17)4-6-15/h3-6,16H,2,7-13,17H2,1H3. The van der Waals surface area contributed by atoms with Crippen molar-refractivity contribution in [3.8, 4) is 5.75 Å². The summed E-state index contributed by atoms with van der Waals surface area (Å²) in [5, 5.41) is 0. The summed E-state index contributed by atoms with van der Waals surface area (Å²) in [7, 11) is 0. The quantitative estimate of drug-likeness (QED) is 0.829. The van der Waals surface area contributed by atoms with Gasteiger partial charge >= 0.3 is 0 Å². The molecule has 0 saturated carbocycles. The number of rotatable bonds is 7. The van der Waals surface area contributed by atoms with Crippen LogP contribution in [0.5, 0.6) is 5.75 Å². The number of ether oxygens (including phenoxy) is 2. The fourth-order valence-electron chi connectivity index (χ4n) is 2.55. The van der Waals surface area contributed by atoms with E-state index >= 15 is 0 Å². The monoisotopic (exact) mass is 278 g/mol. The Bertz CT molecular complexity index is 373. The van der Waals surface area contributed by atoms with Crippen molar-refractivity contribution in [1.82, 2.24) is 4.90 Å². The summed E-state index contributed by atoms with van der Waals surface area (Å²) in [5.41, 5.74) is 6.71. The molecule has 4 nitrogen and oxygen atoms in total. The highest BCUT2D eigenvalue weighted by Crippen LogP contribution is 2.14. The molecule has 0 spiro atoms. The average Bonchev–Trinajstić information content (AvgIpc) is 2.50. The molecule has 1 saturated heterocycles. The van der Waals surface area contributed by atoms with Gasteiger partial charge in [-0.05, 0) is 37.5 Å². The second kappa shape index (κ2) is 8.25. The lowest BCUT2D eigenvalue weighted by Gasteiger charge is -2.31. The Kier molecular flexibility index (Phi) is 6.30. The lowest BCUT2D eigenvalue weighted by atomic mass is 10.1. The van der Waals surface area contributed by atoms with Crippen LogP contribution in [0.2, 0.25) is 0 Å². The number of benzene rings is 1. The van der Waals surface area contributed by atoms with Crippen molar-refractivity contribution < 1.29 is 9.47 Å². The van der Waals surface area contributed by atoms with Crippen molar-refractivity contribution >= 4 is 0 Å². The van der Waals surface area contributed by atoms with Crippen molar-refractivity contribution in [2.45, 2.75) is 32.4 Å². The van der Waals surface area contributed by atoms with Gasteiger partial charge in [0.1, 0.15) is 12.4 Å². The van der Waals surface area contributed by atoms with Gasteiger partial charge in [0, 0.05) is 32.8 Å². The minimum atomic E-state index is 0.459. The molecule has 1 aromatic rings. The van der Waals surface area contributed by atoms with E-state index in [1.54, 1.807) is 0 Å². The van der Waals surface area contributed by atoms with Crippen LogP contribution in [0.3, 0.4) is 0 Å². The van der Waals surface area contributed by atoms with E-state index in [-0.39, 0.29) is 0 Å². The normalized spacial score (nSPS) is 17.3. The zero-order chi connectivity index (χ0) is 14.2. The van der Waals surface area contributed by atoms with Crippen molar-refractivity contribution in [2.75, 3.05) is 32.8 Å². The SMILES string of the molecule is CCOC1CCN(CCOc2ccc(CN)cc2)CC1. The van der Waals surface area contributed by atoms with Gasteiger partial charge < -0.3 is 15.2 Å². The molecular formula is C16H26N2O2. The maximum Gasteiger partial charge on any atom is 0.119 e. The number of nitrogens with two attached hydrogens (primary N) is 1. The van der Waals surface area contributed by atoms with E-state index in [0.29, 0.717) is 12.6 Å². The van der Waals surface area contributed by atoms with Gasteiger partial charge in [-0.3, -0.25) is 4.90 Å². The predicted molar refractivity (Wildman–Crippen MR) is 80.9 cm³/mol. The van der Waals surface area contributed by atoms with E-state index in [9.17, 15) is 0 Å². The molecule has 0 atom stereocenters. The first kappa shape index (κ1) is 15.3. The highest BCUT2D eigenvalue weighted by Gasteiger charge is 2.18. The van der Waals surface area contributed by atoms with Crippen molar-refractivity contribution in [3.05, 3.63) is 29.8 Å². The molecule has 1 heterocycles. The molecule has 0 unspecified atom stereocenters. The van der Waals surface area contributed by atoms with Gasteiger partial charge in [0.2, 0.25) is 0 Å². The van der Waals surface area contributed by atoms with Crippen LogP contribution >= 0.6 is 0 Å². The van der Waals surface area contributed by atoms with Gasteiger partial charge in [-0.15, -0.1) is 0 Å². The topological polar surface area (TPSA) is 47.7 Å². The average molecular weight is 278 g/mol. The van der Waals surface area contributed by atoms with Crippen LogP contribution in [0, 0.1) is 0 Å². The second-order valence-electron chi connectivity index (χ2n) is 5.19. The third-order valence-corrected chi connectivity index (χ3v) is 3.77. The summed E-state index contributed by atoms with van der Waals surface area (Å²) in [6.45, 7) is 7.41. The van der Waals surface area contributed by atoms with Crippen LogP contribution < -0.4 is 10.5 Å². The van der Waals surface area contributed by atoms with Crippen LogP contribution in [0.15, 0.2) is 24.3 Å². The minimum absolute atomic E-state index is 0.459. The number of piperidine rings is 1. The third-order valence-electron chi connectivity index (χ3n) is 3.77. The largest absolute Gasteiger partial charge is 0.492 e. The first-order valence-electron chi connectivity index (χ1n) is 7.57. The first-order chi connectivity index (χ1) is 9.81. The van der Waals surface area contributed by atoms with E-state index in [1.165, 1.54) is 0 Å². The second-order valence-corrected chi connectivity index (χ2v) is 5.19. The number of nitrogens with zero attached hydrogens (tertiary/aromatic N) is 1. The van der Waals surface area contributed by atoms with Crippen molar-refractivity contribution in [2.24, 2.45) is 5.73 Å². The van der Waals surface area contributed by atoms with Crippen LogP contribution in [0.25, 0.3) is 0 Å². The number of likely N-dealkylation sites (tertiary alicyclic amines) is 1. The number of hydrogen-bond acceptors (Lipinski definition) is 4. The molecule has 2 rings (SSSR count). The molecule has 0 radical (unpaired) electrons. The Morgan fingerprint density at radius 1 is 1.20 bits per heavy atom. The Morgan fingerprint density at radius 3 is 2.50 bits per heavy atom. The highest BCUT2D eigenvalue weighted by molar-refractivity contribution is 5.27. The molecule has 1 fully saturated rings. The molecular weight excluding hydrogens is 252 g/mol. The van der Waals surface area contributed by atoms with Crippen molar-refractivity contribution in [1.29, 1.82) is 0 Å². The van der Waals surface area contributed by atoms with Gasteiger partial charge in [-0.2, -0.15) is 0 Å². The van der Waals surface area contributed by atoms with E-state index in [2.05, 4.69) is 11.8 Å². The van der Waals surface area contributed by atoms with Gasteiger partial charge in [-0.1, -0.05) is 12.1 Å². The molecule has 0 bridgehead atoms. The van der Waals surface area contributed by atoms with Gasteiger partial charge in [0.15, 0.2) is 0 Å². The van der Waals surface area contributed by atoms with Crippen LogP contribution in [0.4, 0.5) is 0 Å². The molecule has 20 heavy (non-hydrogen) atoms. The molecule has 1 aromatic carbocycles. The predicted octanol–water partition coefficient (Wildman–Crippen LogP) is 2.02. The molecule has 2 N–H and O–H groups in total. The summed E-state index contributed by atoms with van der Waals surface area (Å²) in [6.07, 6.45) is 2.74. The molecule has 1 aliphatic heterocycles. The third kappa shape index (κ3) is 4.78. The molecule has 0 aliphatic carbocycles. The Morgan fingerprint density at radius 2 is 1.90 bits per heavy atom. The Balaban J connectivity index is 1.63. The van der Waals surface area contributed by atoms with Crippen LogP contribution in [-0.4, -0.2) is 43.9 Å². The summed E-state index contributed by atoms with van der Waals surface area (Å²) >= 11 is 0. The van der Waals surface area contributed by atoms with Gasteiger partial charge in [0.25, 0.3) is 0 Å². The van der Waals surface area contributed by atoms with E-state index in [1.807, 2.05) is 24.3 Å². The van der Waals surface area contributed by atoms with E-state index < -0.39 is 0 Å². The van der Waals surface area contributed by atoms with Gasteiger partial charge in [-0.25, -0.2) is 0 Å². The maximum absolute atomic E-state index is 5.77.